The van der Waals surface area contributed by atoms with E-state index in [9.17, 15) is 47.3 Å². The summed E-state index contributed by atoms with van der Waals surface area (Å²) in [7, 11) is -10.7. The molecule has 0 aromatic carbocycles. The molecule has 5 atom stereocenters. The van der Waals surface area contributed by atoms with Crippen molar-refractivity contribution >= 4 is 40.1 Å². The van der Waals surface area contributed by atoms with E-state index in [2.05, 4.69) is 54.9 Å². The van der Waals surface area contributed by atoms with Crippen molar-refractivity contribution in [1.82, 2.24) is 0 Å². The fraction of sp³-hybridized carbons (Fsp3) is 0.983. The maximum absolute atomic E-state index is 10.2. The van der Waals surface area contributed by atoms with Crippen molar-refractivity contribution in [3.8, 4) is 0 Å². The van der Waals surface area contributed by atoms with Crippen LogP contribution in [0, 0.1) is 88.1 Å². The molecule has 2 radical (unpaired) electrons. The van der Waals surface area contributed by atoms with E-state index in [1.165, 1.54) is 225 Å². The van der Waals surface area contributed by atoms with Crippen LogP contribution >= 0.6 is 40.1 Å². The summed E-state index contributed by atoms with van der Waals surface area (Å²) < 4.78 is 51.1. The van der Waals surface area contributed by atoms with Crippen LogP contribution in [0.4, 0.5) is 0 Å². The van der Waals surface area contributed by atoms with Gasteiger partial charge in [0, 0.05) is 0 Å². The number of hydrogen-bond donors (Lipinski definition) is 0. The molecule has 0 bridgehead atoms. The van der Waals surface area contributed by atoms with Crippen LogP contribution < -0.4 is 24.5 Å². The van der Waals surface area contributed by atoms with Crippen molar-refractivity contribution in [2.45, 2.75) is 337 Å². The molecule has 0 heterocycles. The van der Waals surface area contributed by atoms with Crippen molar-refractivity contribution in [2.24, 2.45) is 0 Å². The molecule has 10 nitrogen and oxygen atoms in total. The molecule has 0 saturated heterocycles. The molecule has 75 heavy (non-hydrogen) atoms. The summed E-state index contributed by atoms with van der Waals surface area (Å²) in [4.78, 5) is 51.1. The number of unbranched alkanes of at least 4 members (excludes halogenated alkanes) is 40. The number of rotatable bonds is 50. The molecule has 0 aliphatic carbocycles. The van der Waals surface area contributed by atoms with Crippen LogP contribution in [0.2, 0.25) is 0 Å². The van der Waals surface area contributed by atoms with E-state index in [1.807, 2.05) is 0 Å². The van der Waals surface area contributed by atoms with Gasteiger partial charge in [-0.1, -0.05) is 283 Å². The first-order chi connectivity index (χ1) is 35.3. The SMILES string of the molecule is CCCCCCCCCC[P+](=O)[O-].CCCCCCCCCC[P+](=O)[O-].CCCCCCCCCC[P+](=O)[O-].CCCCCCCCCC[P+](=O)[O-].CCCCCCCCCC[P+](=O)[O-].C[CH-]CCCCCC.[Nd+3].[Nd+3]. The molecule has 0 spiro atoms. The van der Waals surface area contributed by atoms with Crippen LogP contribution in [-0.2, 0) is 22.8 Å². The average Bonchev–Trinajstić information content (AvgIpc) is 3.35. The second-order valence-electron chi connectivity index (χ2n) is 19.9. The van der Waals surface area contributed by atoms with Gasteiger partial charge in [0.1, 0.15) is 30.8 Å². The van der Waals surface area contributed by atoms with E-state index in [0.29, 0.717) is 30.8 Å². The van der Waals surface area contributed by atoms with Gasteiger partial charge in [-0.15, -0.1) is 0 Å². The maximum atomic E-state index is 10.2. The third-order valence-corrected chi connectivity index (χ3v) is 15.7. The van der Waals surface area contributed by atoms with Gasteiger partial charge in [0.2, 0.25) is 0 Å². The van der Waals surface area contributed by atoms with Crippen LogP contribution in [-0.4, -0.2) is 30.8 Å². The molecular formula is C58H122Nd2O10P5+5. The normalized spacial score (nSPS) is 11.2. The Hall–Kier alpha value is 3.00. The van der Waals surface area contributed by atoms with Gasteiger partial charge in [0.15, 0.2) is 0 Å². The average molecular weight is 1420 g/mol. The topological polar surface area (TPSA) is 201 Å². The second-order valence-corrected chi connectivity index (χ2v) is 25.5. The summed E-state index contributed by atoms with van der Waals surface area (Å²) in [6, 6.07) is 0. The molecule has 442 valence electrons. The molecule has 0 saturated carbocycles. The Balaban J connectivity index is -0.000000120. The zero-order chi connectivity index (χ0) is 55.9. The van der Waals surface area contributed by atoms with Gasteiger partial charge in [-0.3, -0.25) is 0 Å². The van der Waals surface area contributed by atoms with Gasteiger partial charge < -0.3 is 30.9 Å². The first kappa shape index (κ1) is 94.4. The van der Waals surface area contributed by atoms with E-state index in [-0.39, 0.29) is 81.7 Å². The summed E-state index contributed by atoms with van der Waals surface area (Å²) in [5.74, 6) is 0. The quantitative estimate of drug-likeness (QED) is 0.0320. The Labute approximate surface area is 538 Å². The first-order valence-electron chi connectivity index (χ1n) is 30.6. The molecule has 0 fully saturated rings. The largest absolute Gasteiger partial charge is 3.00 e. The monoisotopic (exact) mass is 1420 g/mol. The third-order valence-electron chi connectivity index (χ3n) is 12.3. The molecule has 17 heteroatoms. The zero-order valence-corrected chi connectivity index (χ0v) is 61.1. The van der Waals surface area contributed by atoms with Crippen molar-refractivity contribution in [1.29, 1.82) is 0 Å². The molecule has 0 N–H and O–H groups in total. The molecule has 0 aliphatic rings. The Morgan fingerprint density at radius 1 is 0.227 bits per heavy atom. The standard InChI is InChI=1S/5C10H21O2P.C8H17.2Nd/c5*1-2-3-4-5-6-7-8-9-10-13(11)12;1-3-5-7-8-6-4-2;;/h5*2-10H2,1H3;3H,4-8H2,1-2H3;;/q;;;;;-1;2*+3. The van der Waals surface area contributed by atoms with Gasteiger partial charge >= 0.3 is 122 Å². The van der Waals surface area contributed by atoms with Crippen LogP contribution in [0.1, 0.15) is 337 Å². The van der Waals surface area contributed by atoms with Crippen molar-refractivity contribution in [3.05, 3.63) is 6.42 Å². The van der Waals surface area contributed by atoms with Gasteiger partial charge in [0.25, 0.3) is 0 Å². The Kier molecular flexibility index (Phi) is 118. The summed E-state index contributed by atoms with van der Waals surface area (Å²) in [6.07, 6.45) is 59.5. The predicted octanol–water partition coefficient (Wildman–Crippen LogP) is 19.3. The predicted molar refractivity (Wildman–Crippen MR) is 314 cm³/mol. The summed E-state index contributed by atoms with van der Waals surface area (Å²) >= 11 is 0. The van der Waals surface area contributed by atoms with Crippen molar-refractivity contribution < 1.29 is 129 Å². The second kappa shape index (κ2) is 93.4. The Morgan fingerprint density at radius 2 is 0.347 bits per heavy atom. The van der Waals surface area contributed by atoms with E-state index in [0.717, 1.165) is 64.2 Å². The molecule has 0 aromatic rings. The van der Waals surface area contributed by atoms with Crippen molar-refractivity contribution in [2.75, 3.05) is 30.8 Å². The van der Waals surface area contributed by atoms with Gasteiger partial charge in [-0.2, -0.15) is 13.3 Å². The van der Waals surface area contributed by atoms with E-state index >= 15 is 0 Å². The van der Waals surface area contributed by atoms with Crippen LogP contribution in [0.25, 0.3) is 0 Å². The number of hydrogen-bond acceptors (Lipinski definition) is 10. The van der Waals surface area contributed by atoms with Crippen molar-refractivity contribution in [3.63, 3.8) is 0 Å². The summed E-state index contributed by atoms with van der Waals surface area (Å²) in [6.45, 7) is 15.4. The van der Waals surface area contributed by atoms with E-state index < -0.39 is 40.1 Å². The molecule has 0 aromatic heterocycles. The first-order valence-corrected chi connectivity index (χ1v) is 37.4. The van der Waals surface area contributed by atoms with Gasteiger partial charge in [0.05, 0.1) is 0 Å². The molecule has 0 amide bonds. The molecule has 0 aliphatic heterocycles. The molecule has 0 rings (SSSR count). The zero-order valence-electron chi connectivity index (χ0n) is 50.3. The van der Waals surface area contributed by atoms with E-state index in [1.54, 1.807) is 0 Å². The summed E-state index contributed by atoms with van der Waals surface area (Å²) in [5.41, 5.74) is 0. The Bertz CT molecular complexity index is 907. The minimum Gasteiger partial charge on any atom is -0.596 e. The third kappa shape index (κ3) is 129. The summed E-state index contributed by atoms with van der Waals surface area (Å²) in [5, 5.41) is 0. The maximum Gasteiger partial charge on any atom is 3.00 e. The van der Waals surface area contributed by atoms with Crippen LogP contribution in [0.15, 0.2) is 0 Å². The fourth-order valence-corrected chi connectivity index (χ4v) is 10.1. The van der Waals surface area contributed by atoms with Crippen LogP contribution in [0.3, 0.4) is 0 Å². The van der Waals surface area contributed by atoms with Crippen LogP contribution in [0.5, 0.6) is 0 Å². The Morgan fingerprint density at radius 3 is 0.467 bits per heavy atom. The van der Waals surface area contributed by atoms with E-state index in [4.69, 9.17) is 0 Å². The fourth-order valence-electron chi connectivity index (χ4n) is 7.65. The van der Waals surface area contributed by atoms with Gasteiger partial charge in [-0.05, 0) is 64.2 Å². The molecule has 5 unspecified atom stereocenters. The van der Waals surface area contributed by atoms with Gasteiger partial charge in [-0.25, -0.2) is 0 Å². The minimum atomic E-state index is -2.13. The molecular weight excluding hydrogens is 1300 g/mol. The smallest absolute Gasteiger partial charge is 0.596 e. The minimum absolute atomic E-state index is 0.